The Morgan fingerprint density at radius 3 is 2.42 bits per heavy atom. The molecular formula is C18H20F3N7O3. The van der Waals surface area contributed by atoms with Crippen LogP contribution < -0.4 is 10.6 Å². The summed E-state index contributed by atoms with van der Waals surface area (Å²) in [6, 6.07) is -0.527. The Kier molecular flexibility index (Phi) is 4.85. The lowest BCUT2D eigenvalue weighted by molar-refractivity contribution is -0.144. The molecule has 2 aromatic rings. The minimum Gasteiger partial charge on any atom is -0.342 e. The van der Waals surface area contributed by atoms with Crippen LogP contribution in [0.1, 0.15) is 42.0 Å². The number of hydrogen-bond donors (Lipinski definition) is 2. The van der Waals surface area contributed by atoms with Crippen molar-refractivity contribution in [2.45, 2.75) is 51.2 Å². The van der Waals surface area contributed by atoms with Gasteiger partial charge in [-0.05, 0) is 38.7 Å². The van der Waals surface area contributed by atoms with Crippen LogP contribution in [0.15, 0.2) is 0 Å². The standard InChI is InChI=1S/C18H20F3N7O3/c1-9-11(10(2)28-15(22-9)23-13(26-28)18(19,20)21)3-4-12(29)27-7-5-17(6-8-27)14(30)24-16(31)25-17/h3-8H2,1-2H3,(H2,24,25,30,31). The molecule has 2 aliphatic heterocycles. The van der Waals surface area contributed by atoms with Gasteiger partial charge in [-0.15, -0.1) is 5.10 Å². The van der Waals surface area contributed by atoms with Crippen LogP contribution in [0.3, 0.4) is 0 Å². The molecule has 0 unspecified atom stereocenters. The summed E-state index contributed by atoms with van der Waals surface area (Å²) in [4.78, 5) is 45.3. The van der Waals surface area contributed by atoms with E-state index in [4.69, 9.17) is 0 Å². The van der Waals surface area contributed by atoms with Gasteiger partial charge in [-0.1, -0.05) is 0 Å². The van der Waals surface area contributed by atoms with Gasteiger partial charge in [0.15, 0.2) is 0 Å². The van der Waals surface area contributed by atoms with Crippen molar-refractivity contribution in [1.82, 2.24) is 35.1 Å². The highest BCUT2D eigenvalue weighted by Gasteiger charge is 2.48. The zero-order chi connectivity index (χ0) is 22.6. The van der Waals surface area contributed by atoms with Crippen LogP contribution in [-0.4, -0.2) is 61.0 Å². The van der Waals surface area contributed by atoms with E-state index in [2.05, 4.69) is 25.7 Å². The zero-order valence-corrected chi connectivity index (χ0v) is 16.8. The molecule has 2 aliphatic rings. The fourth-order valence-electron chi connectivity index (χ4n) is 4.10. The number of piperidine rings is 1. The van der Waals surface area contributed by atoms with Gasteiger partial charge in [0.25, 0.3) is 17.5 Å². The van der Waals surface area contributed by atoms with Crippen LogP contribution in [-0.2, 0) is 22.2 Å². The third-order valence-electron chi connectivity index (χ3n) is 5.88. The van der Waals surface area contributed by atoms with Crippen LogP contribution in [0.5, 0.6) is 0 Å². The molecule has 0 bridgehead atoms. The number of nitrogens with zero attached hydrogens (tertiary/aromatic N) is 5. The largest absolute Gasteiger partial charge is 0.453 e. The van der Waals surface area contributed by atoms with E-state index in [1.807, 2.05) is 0 Å². The monoisotopic (exact) mass is 439 g/mol. The molecule has 0 aromatic carbocycles. The summed E-state index contributed by atoms with van der Waals surface area (Å²) >= 11 is 0. The van der Waals surface area contributed by atoms with Gasteiger partial charge < -0.3 is 10.2 Å². The Morgan fingerprint density at radius 2 is 1.84 bits per heavy atom. The average molecular weight is 439 g/mol. The van der Waals surface area contributed by atoms with Crippen molar-refractivity contribution in [3.8, 4) is 0 Å². The Morgan fingerprint density at radius 1 is 1.16 bits per heavy atom. The van der Waals surface area contributed by atoms with E-state index in [1.165, 1.54) is 0 Å². The molecule has 166 valence electrons. The minimum atomic E-state index is -4.68. The number of urea groups is 1. The van der Waals surface area contributed by atoms with Gasteiger partial charge in [-0.2, -0.15) is 18.2 Å². The molecular weight excluding hydrogens is 419 g/mol. The summed E-state index contributed by atoms with van der Waals surface area (Å²) in [6.07, 6.45) is -3.63. The highest BCUT2D eigenvalue weighted by molar-refractivity contribution is 6.07. The van der Waals surface area contributed by atoms with Gasteiger partial charge in [0.2, 0.25) is 5.91 Å². The Balaban J connectivity index is 1.44. The Hall–Kier alpha value is -3.25. The van der Waals surface area contributed by atoms with E-state index in [0.29, 0.717) is 42.9 Å². The maximum Gasteiger partial charge on any atom is 0.453 e. The van der Waals surface area contributed by atoms with Crippen molar-refractivity contribution in [3.63, 3.8) is 0 Å². The summed E-state index contributed by atoms with van der Waals surface area (Å²) in [5.74, 6) is -1.93. The van der Waals surface area contributed by atoms with Crippen LogP contribution in [0.4, 0.5) is 18.0 Å². The van der Waals surface area contributed by atoms with Crippen LogP contribution in [0.2, 0.25) is 0 Å². The third kappa shape index (κ3) is 3.68. The lowest BCUT2D eigenvalue weighted by atomic mass is 9.87. The number of aromatic nitrogens is 4. The number of rotatable bonds is 3. The smallest absolute Gasteiger partial charge is 0.342 e. The summed E-state index contributed by atoms with van der Waals surface area (Å²) in [5, 5.41) is 8.37. The molecule has 31 heavy (non-hydrogen) atoms. The first-order chi connectivity index (χ1) is 14.5. The summed E-state index contributed by atoms with van der Waals surface area (Å²) < 4.78 is 39.8. The number of hydrogen-bond acceptors (Lipinski definition) is 6. The van der Waals surface area contributed by atoms with Crippen molar-refractivity contribution in [2.24, 2.45) is 0 Å². The molecule has 4 rings (SSSR count). The number of carbonyl (C=O) groups excluding carboxylic acids is 3. The van der Waals surface area contributed by atoms with Crippen LogP contribution >= 0.6 is 0 Å². The lowest BCUT2D eigenvalue weighted by Gasteiger charge is -2.37. The van der Waals surface area contributed by atoms with Crippen molar-refractivity contribution < 1.29 is 27.6 Å². The molecule has 1 spiro atoms. The molecule has 2 aromatic heterocycles. The maximum absolute atomic E-state index is 12.9. The van der Waals surface area contributed by atoms with E-state index in [0.717, 1.165) is 4.52 Å². The predicted octanol–water partition coefficient (Wildman–Crippen LogP) is 0.893. The molecule has 13 heteroatoms. The second-order valence-electron chi connectivity index (χ2n) is 7.78. The van der Waals surface area contributed by atoms with E-state index in [-0.39, 0.29) is 30.4 Å². The fraction of sp³-hybridized carbons (Fsp3) is 0.556. The van der Waals surface area contributed by atoms with E-state index in [9.17, 15) is 27.6 Å². The second-order valence-corrected chi connectivity index (χ2v) is 7.78. The lowest BCUT2D eigenvalue weighted by Crippen LogP contribution is -2.55. The number of halogens is 3. The van der Waals surface area contributed by atoms with Crippen molar-refractivity contribution in [2.75, 3.05) is 13.1 Å². The van der Waals surface area contributed by atoms with Gasteiger partial charge in [-0.3, -0.25) is 14.9 Å². The SMILES string of the molecule is Cc1nc2nc(C(F)(F)F)nn2c(C)c1CCC(=O)N1CCC2(CC1)NC(=O)NC2=O. The summed E-state index contributed by atoms with van der Waals surface area (Å²) in [6.45, 7) is 3.91. The third-order valence-corrected chi connectivity index (χ3v) is 5.88. The van der Waals surface area contributed by atoms with Crippen molar-refractivity contribution in [3.05, 3.63) is 22.8 Å². The van der Waals surface area contributed by atoms with Gasteiger partial charge in [0.1, 0.15) is 5.54 Å². The zero-order valence-electron chi connectivity index (χ0n) is 16.8. The molecule has 4 amide bonds. The molecule has 2 fully saturated rings. The summed E-state index contributed by atoms with van der Waals surface area (Å²) in [7, 11) is 0. The number of aryl methyl sites for hydroxylation is 2. The molecule has 0 saturated carbocycles. The highest BCUT2D eigenvalue weighted by atomic mass is 19.4. The molecule has 2 N–H and O–H groups in total. The number of fused-ring (bicyclic) bond motifs is 1. The fourth-order valence-corrected chi connectivity index (χ4v) is 4.10. The minimum absolute atomic E-state index is 0.126. The van der Waals surface area contributed by atoms with Gasteiger partial charge in [-0.25, -0.2) is 14.3 Å². The number of likely N-dealkylation sites (tertiary alicyclic amines) is 1. The first kappa shape index (κ1) is 21.0. The van der Waals surface area contributed by atoms with E-state index in [1.54, 1.807) is 18.7 Å². The summed E-state index contributed by atoms with van der Waals surface area (Å²) in [5.41, 5.74) is 0.609. The number of alkyl halides is 3. The molecule has 0 atom stereocenters. The highest BCUT2D eigenvalue weighted by Crippen LogP contribution is 2.28. The molecule has 4 heterocycles. The topological polar surface area (TPSA) is 122 Å². The van der Waals surface area contributed by atoms with Gasteiger partial charge >= 0.3 is 12.2 Å². The van der Waals surface area contributed by atoms with Gasteiger partial charge in [0.05, 0.1) is 0 Å². The quantitative estimate of drug-likeness (QED) is 0.686. The number of imide groups is 1. The number of nitrogens with one attached hydrogen (secondary N) is 2. The Bertz CT molecular complexity index is 1090. The predicted molar refractivity (Wildman–Crippen MR) is 98.8 cm³/mol. The first-order valence-corrected chi connectivity index (χ1v) is 9.71. The van der Waals surface area contributed by atoms with Crippen LogP contribution in [0, 0.1) is 13.8 Å². The van der Waals surface area contributed by atoms with E-state index < -0.39 is 23.6 Å². The maximum atomic E-state index is 12.9. The molecule has 0 aliphatic carbocycles. The van der Waals surface area contributed by atoms with Crippen LogP contribution in [0.25, 0.3) is 5.78 Å². The number of amides is 4. The molecule has 10 nitrogen and oxygen atoms in total. The average Bonchev–Trinajstić information content (AvgIpc) is 3.23. The normalized spacial score (nSPS) is 18.5. The first-order valence-electron chi connectivity index (χ1n) is 9.71. The molecule has 0 radical (unpaired) electrons. The van der Waals surface area contributed by atoms with Crippen molar-refractivity contribution >= 4 is 23.6 Å². The van der Waals surface area contributed by atoms with Gasteiger partial charge in [0, 0.05) is 30.9 Å². The second kappa shape index (κ2) is 7.17. The van der Waals surface area contributed by atoms with Crippen molar-refractivity contribution in [1.29, 1.82) is 0 Å². The Labute approximate surface area is 174 Å². The number of carbonyl (C=O) groups is 3. The molecule has 2 saturated heterocycles. The van der Waals surface area contributed by atoms with E-state index >= 15 is 0 Å².